The lowest BCUT2D eigenvalue weighted by Crippen LogP contribution is -2.41. The van der Waals surface area contributed by atoms with Crippen LogP contribution in [-0.2, 0) is 19.6 Å². The molecule has 0 aliphatic carbocycles. The molecule has 3 aromatic rings. The second-order valence-corrected chi connectivity index (χ2v) is 7.25. The van der Waals surface area contributed by atoms with Gasteiger partial charge in [-0.25, -0.2) is 9.48 Å². The van der Waals surface area contributed by atoms with E-state index < -0.39 is 17.2 Å². The molecule has 0 saturated carbocycles. The highest BCUT2D eigenvalue weighted by molar-refractivity contribution is 6.05. The van der Waals surface area contributed by atoms with Crippen molar-refractivity contribution in [3.05, 3.63) is 73.2 Å². The summed E-state index contributed by atoms with van der Waals surface area (Å²) in [7, 11) is 0. The van der Waals surface area contributed by atoms with Gasteiger partial charge in [0.05, 0.1) is 12.8 Å². The molecule has 0 saturated heterocycles. The molecule has 0 radical (unpaired) electrons. The van der Waals surface area contributed by atoms with Crippen molar-refractivity contribution < 1.29 is 9.21 Å². The average molecular weight is 442 g/mol. The molecule has 0 fully saturated rings. The Kier molecular flexibility index (Phi) is 7.08. The Hall–Kier alpha value is -3.89. The van der Waals surface area contributed by atoms with Gasteiger partial charge in [-0.1, -0.05) is 20.3 Å². The summed E-state index contributed by atoms with van der Waals surface area (Å²) in [6.45, 7) is 4.33. The number of hydrogen-bond acceptors (Lipinski definition) is 7. The average Bonchev–Trinajstić information content (AvgIpc) is 3.27. The van der Waals surface area contributed by atoms with Crippen molar-refractivity contribution in [1.82, 2.24) is 19.3 Å². The van der Waals surface area contributed by atoms with Crippen LogP contribution in [-0.4, -0.2) is 25.2 Å². The van der Waals surface area contributed by atoms with Crippen LogP contribution in [0.2, 0.25) is 0 Å². The smallest absolute Gasteiger partial charge is 0.330 e. The summed E-state index contributed by atoms with van der Waals surface area (Å²) in [6.07, 6.45) is 3.55. The molecule has 0 spiro atoms. The van der Waals surface area contributed by atoms with Crippen LogP contribution in [0.15, 0.2) is 49.3 Å². The van der Waals surface area contributed by atoms with Crippen LogP contribution in [0.25, 0.3) is 0 Å². The number of aromatic nitrogens is 4. The Balaban J connectivity index is 2.15. The minimum absolute atomic E-state index is 0.0466. The van der Waals surface area contributed by atoms with E-state index in [0.29, 0.717) is 25.1 Å². The minimum atomic E-state index is -0.804. The normalized spacial score (nSPS) is 10.9. The Morgan fingerprint density at radius 2 is 1.94 bits per heavy atom. The van der Waals surface area contributed by atoms with Gasteiger partial charge in [0.15, 0.2) is 5.69 Å². The first-order valence-corrected chi connectivity index (χ1v) is 10.4. The van der Waals surface area contributed by atoms with Crippen molar-refractivity contribution in [1.29, 1.82) is 0 Å². The molecular weight excluding hydrogens is 416 g/mol. The lowest BCUT2D eigenvalue weighted by Gasteiger charge is -2.23. The number of carbonyl (C=O) groups excluding carboxylic acids is 1. The lowest BCUT2D eigenvalue weighted by atomic mass is 10.2. The number of aromatic amines is 1. The Bertz CT molecular complexity index is 1250. The third kappa shape index (κ3) is 4.71. The molecule has 0 aromatic carbocycles. The van der Waals surface area contributed by atoms with E-state index in [9.17, 15) is 19.2 Å². The first-order valence-electron chi connectivity index (χ1n) is 10.4. The van der Waals surface area contributed by atoms with Gasteiger partial charge in [0.1, 0.15) is 17.3 Å². The summed E-state index contributed by atoms with van der Waals surface area (Å²) in [5.41, 5.74) is 4.19. The van der Waals surface area contributed by atoms with Gasteiger partial charge in [-0.2, -0.15) is 5.10 Å². The number of hydrogen-bond donors (Lipinski definition) is 2. The van der Waals surface area contributed by atoms with Gasteiger partial charge in [-0.05, 0) is 31.0 Å². The SMILES string of the molecule is CCCCn1c(N)c(N(Cc2ccco2)C(=O)c2ccc(=O)n(CCC)n2)c(=O)[nH]c1=O. The van der Waals surface area contributed by atoms with E-state index in [2.05, 4.69) is 10.1 Å². The van der Waals surface area contributed by atoms with Crippen LogP contribution < -0.4 is 27.4 Å². The summed E-state index contributed by atoms with van der Waals surface area (Å²) < 4.78 is 7.78. The largest absolute Gasteiger partial charge is 0.467 e. The van der Waals surface area contributed by atoms with E-state index in [-0.39, 0.29) is 35.8 Å². The molecule has 0 aliphatic rings. The Morgan fingerprint density at radius 1 is 1.16 bits per heavy atom. The number of anilines is 2. The van der Waals surface area contributed by atoms with E-state index >= 15 is 0 Å². The predicted octanol–water partition coefficient (Wildman–Crippen LogP) is 1.33. The Morgan fingerprint density at radius 3 is 2.59 bits per heavy atom. The maximum atomic E-state index is 13.5. The molecule has 3 rings (SSSR count). The molecule has 170 valence electrons. The Labute approximate surface area is 183 Å². The van der Waals surface area contributed by atoms with Crippen molar-refractivity contribution >= 4 is 17.4 Å². The molecule has 0 atom stereocenters. The van der Waals surface area contributed by atoms with Crippen LogP contribution in [0.4, 0.5) is 11.5 Å². The van der Waals surface area contributed by atoms with Crippen molar-refractivity contribution in [2.45, 2.75) is 52.7 Å². The second kappa shape index (κ2) is 9.94. The molecular formula is C21H26N6O5. The number of rotatable bonds is 9. The van der Waals surface area contributed by atoms with Gasteiger partial charge >= 0.3 is 5.69 Å². The summed E-state index contributed by atoms with van der Waals surface area (Å²) in [5.74, 6) is -0.400. The number of nitrogens with two attached hydrogens (primary N) is 1. The number of amides is 1. The monoisotopic (exact) mass is 442 g/mol. The molecule has 3 N–H and O–H groups in total. The zero-order valence-corrected chi connectivity index (χ0v) is 18.0. The first-order chi connectivity index (χ1) is 15.4. The van der Waals surface area contributed by atoms with Crippen molar-refractivity contribution in [2.24, 2.45) is 0 Å². The number of furan rings is 1. The van der Waals surface area contributed by atoms with E-state index in [1.807, 2.05) is 13.8 Å². The number of unbranched alkanes of at least 4 members (excludes halogenated alkanes) is 1. The fraction of sp³-hybridized carbons (Fsp3) is 0.381. The third-order valence-corrected chi connectivity index (χ3v) is 4.88. The highest BCUT2D eigenvalue weighted by Gasteiger charge is 2.27. The maximum absolute atomic E-state index is 13.5. The second-order valence-electron chi connectivity index (χ2n) is 7.25. The van der Waals surface area contributed by atoms with E-state index in [0.717, 1.165) is 11.3 Å². The van der Waals surface area contributed by atoms with Crippen molar-refractivity contribution in [3.8, 4) is 0 Å². The first kappa shape index (κ1) is 22.8. The summed E-state index contributed by atoms with van der Waals surface area (Å²) in [6, 6.07) is 5.83. The van der Waals surface area contributed by atoms with Crippen LogP contribution in [0.3, 0.4) is 0 Å². The number of carbonyl (C=O) groups is 1. The van der Waals surface area contributed by atoms with Crippen molar-refractivity contribution in [3.63, 3.8) is 0 Å². The van der Waals surface area contributed by atoms with Crippen molar-refractivity contribution in [2.75, 3.05) is 10.6 Å². The highest BCUT2D eigenvalue weighted by atomic mass is 16.3. The van der Waals surface area contributed by atoms with Gasteiger partial charge in [0.2, 0.25) is 0 Å². The predicted molar refractivity (Wildman–Crippen MR) is 119 cm³/mol. The standard InChI is InChI=1S/C21H26N6O5/c1-3-5-11-25-18(22)17(19(29)23-21(25)31)26(13-14-7-6-12-32-14)20(30)15-8-9-16(28)27(24-15)10-4-2/h6-9,12H,3-5,10-11,13,22H2,1-2H3,(H,23,29,31). The molecule has 3 heterocycles. The van der Waals surface area contributed by atoms with E-state index in [1.54, 1.807) is 12.1 Å². The highest BCUT2D eigenvalue weighted by Crippen LogP contribution is 2.22. The van der Waals surface area contributed by atoms with Gasteiger partial charge in [-0.3, -0.25) is 28.8 Å². The quantitative estimate of drug-likeness (QED) is 0.507. The third-order valence-electron chi connectivity index (χ3n) is 4.88. The maximum Gasteiger partial charge on any atom is 0.330 e. The number of H-pyrrole nitrogens is 1. The van der Waals surface area contributed by atoms with E-state index in [4.69, 9.17) is 10.2 Å². The summed E-state index contributed by atoms with van der Waals surface area (Å²) >= 11 is 0. The zero-order chi connectivity index (χ0) is 23.3. The molecule has 3 aromatic heterocycles. The van der Waals surface area contributed by atoms with Gasteiger partial charge in [0, 0.05) is 19.2 Å². The number of nitrogen functional groups attached to an aromatic ring is 1. The number of aryl methyl sites for hydroxylation is 1. The molecule has 32 heavy (non-hydrogen) atoms. The zero-order valence-electron chi connectivity index (χ0n) is 18.0. The number of nitrogens with one attached hydrogen (secondary N) is 1. The fourth-order valence-corrected chi connectivity index (χ4v) is 3.26. The molecule has 11 nitrogen and oxygen atoms in total. The van der Waals surface area contributed by atoms with Crippen LogP contribution in [0.5, 0.6) is 0 Å². The van der Waals surface area contributed by atoms with E-state index in [1.165, 1.54) is 27.6 Å². The minimum Gasteiger partial charge on any atom is -0.467 e. The fourth-order valence-electron chi connectivity index (χ4n) is 3.26. The topological polar surface area (TPSA) is 149 Å². The molecule has 0 unspecified atom stereocenters. The number of nitrogens with zero attached hydrogens (tertiary/aromatic N) is 4. The lowest BCUT2D eigenvalue weighted by molar-refractivity contribution is 0.0975. The van der Waals surface area contributed by atoms with Gasteiger partial charge in [-0.15, -0.1) is 0 Å². The molecule has 0 aliphatic heterocycles. The van der Waals surface area contributed by atoms with Crippen LogP contribution >= 0.6 is 0 Å². The molecule has 1 amide bonds. The van der Waals surface area contributed by atoms with Crippen LogP contribution in [0.1, 0.15) is 49.4 Å². The summed E-state index contributed by atoms with van der Waals surface area (Å²) in [4.78, 5) is 53.9. The van der Waals surface area contributed by atoms with Gasteiger partial charge in [0.25, 0.3) is 17.0 Å². The molecule has 0 bridgehead atoms. The van der Waals surface area contributed by atoms with Gasteiger partial charge < -0.3 is 10.2 Å². The summed E-state index contributed by atoms with van der Waals surface area (Å²) in [5, 5.41) is 4.15. The van der Waals surface area contributed by atoms with Crippen LogP contribution in [0, 0.1) is 0 Å². The molecule has 11 heteroatoms.